The van der Waals surface area contributed by atoms with Gasteiger partial charge in [-0.1, -0.05) is 43.5 Å². The van der Waals surface area contributed by atoms with E-state index in [1.165, 1.54) is 18.2 Å². The number of carbonyl (C=O) groups is 1. The zero-order chi connectivity index (χ0) is 29.7. The van der Waals surface area contributed by atoms with Crippen molar-refractivity contribution in [2.24, 2.45) is 5.92 Å². The van der Waals surface area contributed by atoms with Crippen LogP contribution in [0.25, 0.3) is 5.57 Å². The van der Waals surface area contributed by atoms with Crippen molar-refractivity contribution in [3.05, 3.63) is 101 Å². The summed E-state index contributed by atoms with van der Waals surface area (Å²) in [6.45, 7) is 12.3. The molecule has 8 nitrogen and oxygen atoms in total. The number of anilines is 1. The van der Waals surface area contributed by atoms with E-state index in [0.717, 1.165) is 18.7 Å². The first kappa shape index (κ1) is 29.7. The Morgan fingerprint density at radius 3 is 2.61 bits per heavy atom. The van der Waals surface area contributed by atoms with Crippen LogP contribution in [0.1, 0.15) is 42.1 Å². The Kier molecular flexibility index (Phi) is 9.02. The van der Waals surface area contributed by atoms with Crippen LogP contribution in [0, 0.1) is 11.3 Å². The van der Waals surface area contributed by atoms with E-state index in [9.17, 15) is 18.7 Å². The summed E-state index contributed by atoms with van der Waals surface area (Å²) in [5.41, 5.74) is 4.76. The average Bonchev–Trinajstić information content (AvgIpc) is 3.31. The number of hydrogen-bond donors (Lipinski definition) is 3. The molecule has 216 valence electrons. The van der Waals surface area contributed by atoms with Crippen molar-refractivity contribution in [1.29, 1.82) is 5.41 Å². The third-order valence-electron chi connectivity index (χ3n) is 7.06. The molecule has 1 aromatic carbocycles. The summed E-state index contributed by atoms with van der Waals surface area (Å²) in [5, 5.41) is 19.5. The zero-order valence-corrected chi connectivity index (χ0v) is 23.2. The topological polar surface area (TPSA) is 108 Å². The molecule has 0 unspecified atom stereocenters. The van der Waals surface area contributed by atoms with Gasteiger partial charge in [-0.25, -0.2) is 18.6 Å². The predicted molar refractivity (Wildman–Crippen MR) is 153 cm³/mol. The number of allylic oxidation sites excluding steroid dienone is 3. The lowest BCUT2D eigenvalue weighted by atomic mass is 9.81. The van der Waals surface area contributed by atoms with Crippen LogP contribution in [0.2, 0.25) is 0 Å². The van der Waals surface area contributed by atoms with Gasteiger partial charge in [0.25, 0.3) is 0 Å². The van der Waals surface area contributed by atoms with Gasteiger partial charge in [-0.15, -0.1) is 0 Å². The molecule has 2 heterocycles. The number of pyridine rings is 1. The number of alkyl halides is 2. The van der Waals surface area contributed by atoms with Crippen molar-refractivity contribution in [3.63, 3.8) is 0 Å². The van der Waals surface area contributed by atoms with Crippen LogP contribution >= 0.6 is 0 Å². The molecule has 0 bridgehead atoms. The lowest BCUT2D eigenvalue weighted by Gasteiger charge is -2.37. The number of aromatic nitrogens is 1. The number of ether oxygens (including phenoxy) is 2. The Labute approximate surface area is 238 Å². The largest absolute Gasteiger partial charge is 0.488 e. The summed E-state index contributed by atoms with van der Waals surface area (Å²) < 4.78 is 37.9. The van der Waals surface area contributed by atoms with Crippen LogP contribution in [-0.4, -0.2) is 46.8 Å². The van der Waals surface area contributed by atoms with Crippen molar-refractivity contribution in [2.45, 2.75) is 45.4 Å². The molecule has 2 aliphatic rings. The number of aliphatic carboxylic acids is 1. The number of carboxylic acids is 1. The first-order chi connectivity index (χ1) is 19.5. The summed E-state index contributed by atoms with van der Waals surface area (Å²) >= 11 is 0. The molecule has 1 fully saturated rings. The summed E-state index contributed by atoms with van der Waals surface area (Å²) in [6, 6.07) is 11.3. The van der Waals surface area contributed by atoms with Crippen LogP contribution in [-0.2, 0) is 34.0 Å². The molecule has 4 rings (SSSR count). The number of halogens is 2. The van der Waals surface area contributed by atoms with Gasteiger partial charge in [-0.05, 0) is 47.2 Å². The van der Waals surface area contributed by atoms with Crippen LogP contribution in [0.15, 0.2) is 78.4 Å². The van der Waals surface area contributed by atoms with Gasteiger partial charge in [0.15, 0.2) is 0 Å². The highest BCUT2D eigenvalue weighted by molar-refractivity contribution is 6.08. The molecule has 1 aromatic heterocycles. The van der Waals surface area contributed by atoms with Gasteiger partial charge >= 0.3 is 5.97 Å². The number of fused-ring (bicyclic) bond motifs is 1. The molecular formula is C31H34F2N4O4. The number of rotatable bonds is 13. The number of nitrogens with zero attached hydrogens (tertiary/aromatic N) is 2. The second kappa shape index (κ2) is 12.5. The summed E-state index contributed by atoms with van der Waals surface area (Å²) in [6.07, 6.45) is 2.26. The zero-order valence-electron chi connectivity index (χ0n) is 23.2. The summed E-state index contributed by atoms with van der Waals surface area (Å²) in [7, 11) is 1.30. The van der Waals surface area contributed by atoms with Gasteiger partial charge in [0.05, 0.1) is 12.8 Å². The van der Waals surface area contributed by atoms with Crippen LogP contribution < -0.4 is 5.32 Å². The fourth-order valence-corrected chi connectivity index (χ4v) is 5.14. The van der Waals surface area contributed by atoms with E-state index in [1.54, 1.807) is 24.3 Å². The van der Waals surface area contributed by atoms with Crippen LogP contribution in [0.4, 0.5) is 14.6 Å². The van der Waals surface area contributed by atoms with Crippen LogP contribution in [0.5, 0.6) is 0 Å². The fourth-order valence-electron chi connectivity index (χ4n) is 5.14. The maximum atomic E-state index is 13.2. The van der Waals surface area contributed by atoms with E-state index in [4.69, 9.17) is 14.9 Å². The third-order valence-corrected chi connectivity index (χ3v) is 7.06. The Morgan fingerprint density at radius 2 is 2.00 bits per heavy atom. The van der Waals surface area contributed by atoms with Crippen molar-refractivity contribution < 1.29 is 28.2 Å². The molecule has 1 aliphatic heterocycles. The van der Waals surface area contributed by atoms with E-state index in [-0.39, 0.29) is 36.8 Å². The number of hydrogen-bond acceptors (Lipinski definition) is 7. The van der Waals surface area contributed by atoms with Crippen molar-refractivity contribution in [1.82, 2.24) is 9.88 Å². The van der Waals surface area contributed by atoms with E-state index in [0.29, 0.717) is 41.2 Å². The number of benzene rings is 1. The smallest absolute Gasteiger partial charge is 0.342 e. The molecule has 3 N–H and O–H groups in total. The second-order valence-corrected chi connectivity index (χ2v) is 10.3. The highest BCUT2D eigenvalue weighted by Crippen LogP contribution is 2.43. The molecule has 0 amide bonds. The highest BCUT2D eigenvalue weighted by Gasteiger charge is 2.45. The Hall–Kier alpha value is -4.31. The molecule has 1 aliphatic carbocycles. The minimum Gasteiger partial charge on any atom is -0.488 e. The minimum absolute atomic E-state index is 0.0220. The van der Waals surface area contributed by atoms with Gasteiger partial charge in [0, 0.05) is 44.3 Å². The first-order valence-electron chi connectivity index (χ1n) is 13.2. The Balaban J connectivity index is 1.49. The maximum absolute atomic E-state index is 13.2. The molecular weight excluding hydrogens is 530 g/mol. The molecule has 0 atom stereocenters. The van der Waals surface area contributed by atoms with Gasteiger partial charge in [0.2, 0.25) is 11.8 Å². The maximum Gasteiger partial charge on any atom is 0.342 e. The average molecular weight is 565 g/mol. The number of carboxylic acid groups (broad SMARTS) is 1. The Bertz CT molecular complexity index is 1420. The van der Waals surface area contributed by atoms with Crippen molar-refractivity contribution in [2.75, 3.05) is 19.0 Å². The third kappa shape index (κ3) is 7.07. The Morgan fingerprint density at radius 1 is 1.27 bits per heavy atom. The standard InChI is InChI=1S/C31H34F2N4O4/c1-5-24(26-7-6-8-27(35-26)36-29(40-4)25(14-34)30(38)39)28(19(2)3)41-18-20-9-10-22-16-37(17-23(22)11-20)15-21-12-31(32,33)13-21/h5-11,14,21,34H,1-2,12-13,15-18H2,3-4H3,(H,35,36)(H,38,39)/b28-24-,29-25-,34-14?. The normalized spacial score (nSPS) is 17.4. The summed E-state index contributed by atoms with van der Waals surface area (Å²) in [5.74, 6) is -3.08. The van der Waals surface area contributed by atoms with E-state index >= 15 is 0 Å². The molecule has 1 saturated carbocycles. The molecule has 2 aromatic rings. The monoisotopic (exact) mass is 564 g/mol. The lowest BCUT2D eigenvalue weighted by Crippen LogP contribution is -2.41. The molecule has 10 heteroatoms. The SMILES string of the molecule is C=C/C(=C(/OCc1ccc2c(c1)CN(CC1CC(F)(F)C1)C2)C(=C)C)c1cccc(N/C(OC)=C(\C=N)C(=O)O)n1. The van der Waals surface area contributed by atoms with E-state index in [1.807, 2.05) is 13.0 Å². The number of methoxy groups -OCH3 is 1. The quantitative estimate of drug-likeness (QED) is 0.116. The molecule has 0 spiro atoms. The second-order valence-electron chi connectivity index (χ2n) is 10.3. The molecule has 0 saturated heterocycles. The van der Waals surface area contributed by atoms with Gasteiger partial charge in [-0.3, -0.25) is 4.90 Å². The predicted octanol–water partition coefficient (Wildman–Crippen LogP) is 6.14. The minimum atomic E-state index is -2.50. The van der Waals surface area contributed by atoms with Gasteiger partial charge in [-0.2, -0.15) is 0 Å². The highest BCUT2D eigenvalue weighted by atomic mass is 19.3. The van der Waals surface area contributed by atoms with Crippen LogP contribution in [0.3, 0.4) is 0 Å². The molecule has 41 heavy (non-hydrogen) atoms. The van der Waals surface area contributed by atoms with E-state index < -0.39 is 11.9 Å². The van der Waals surface area contributed by atoms with Gasteiger partial charge in [0.1, 0.15) is 23.8 Å². The number of nitrogens with one attached hydrogen (secondary N) is 2. The van der Waals surface area contributed by atoms with Crippen molar-refractivity contribution >= 4 is 23.6 Å². The lowest BCUT2D eigenvalue weighted by molar-refractivity contribution is -0.132. The van der Waals surface area contributed by atoms with E-state index in [2.05, 4.69) is 40.5 Å². The summed E-state index contributed by atoms with van der Waals surface area (Å²) in [4.78, 5) is 18.2. The fraction of sp³-hybridized carbons (Fsp3) is 0.323. The molecule has 0 radical (unpaired) electrons. The first-order valence-corrected chi connectivity index (χ1v) is 13.2. The van der Waals surface area contributed by atoms with Crippen molar-refractivity contribution in [3.8, 4) is 0 Å². The van der Waals surface area contributed by atoms with Gasteiger partial charge < -0.3 is 25.3 Å².